The maximum Gasteiger partial charge on any atom is 0.0973 e. The van der Waals surface area contributed by atoms with Crippen LogP contribution in [0.4, 0.5) is 0 Å². The highest BCUT2D eigenvalue weighted by Gasteiger charge is 2.46. The number of aromatic nitrogens is 3. The Balaban J connectivity index is 1.26. The lowest BCUT2D eigenvalue weighted by Crippen LogP contribution is -2.43. The van der Waals surface area contributed by atoms with E-state index in [1.165, 1.54) is 54.8 Å². The summed E-state index contributed by atoms with van der Waals surface area (Å²) in [5.74, 6) is 0. The minimum Gasteiger partial charge on any atom is -0.309 e. The average molecular weight is 656 g/mol. The average Bonchev–Trinajstić information content (AvgIpc) is 3.49. The number of para-hydroxylation sites is 1. The molecule has 9 aromatic rings. The zero-order valence-electron chi connectivity index (χ0n) is 29.3. The van der Waals surface area contributed by atoms with Crippen molar-refractivity contribution in [3.05, 3.63) is 163 Å². The number of rotatable bonds is 3. The first-order valence-electron chi connectivity index (χ1n) is 17.8. The van der Waals surface area contributed by atoms with Crippen LogP contribution in [-0.2, 0) is 10.8 Å². The Bertz CT molecular complexity index is 2840. The Hall–Kier alpha value is -6.06. The fourth-order valence-electron chi connectivity index (χ4n) is 8.55. The van der Waals surface area contributed by atoms with E-state index in [9.17, 15) is 0 Å². The third kappa shape index (κ3) is 4.24. The van der Waals surface area contributed by atoms with Crippen LogP contribution in [0.25, 0.3) is 82.9 Å². The minimum absolute atomic E-state index is 0.0906. The second kappa shape index (κ2) is 10.7. The number of fused-ring (bicyclic) bond motifs is 9. The van der Waals surface area contributed by atoms with Crippen molar-refractivity contribution in [3.63, 3.8) is 0 Å². The van der Waals surface area contributed by atoms with E-state index in [4.69, 9.17) is 9.97 Å². The molecule has 7 aromatic carbocycles. The van der Waals surface area contributed by atoms with E-state index in [1.807, 2.05) is 12.1 Å². The third-order valence-corrected chi connectivity index (χ3v) is 11.9. The molecule has 2 heterocycles. The Morgan fingerprint density at radius 3 is 1.78 bits per heavy atom. The first-order valence-corrected chi connectivity index (χ1v) is 17.8. The predicted molar refractivity (Wildman–Crippen MR) is 214 cm³/mol. The monoisotopic (exact) mass is 655 g/mol. The number of benzene rings is 7. The van der Waals surface area contributed by atoms with Crippen molar-refractivity contribution < 1.29 is 0 Å². The van der Waals surface area contributed by atoms with Crippen molar-refractivity contribution in [2.75, 3.05) is 0 Å². The molecule has 3 nitrogen and oxygen atoms in total. The first kappa shape index (κ1) is 29.8. The molecule has 0 saturated heterocycles. The molecule has 0 unspecified atom stereocenters. The normalized spacial score (nSPS) is 14.6. The van der Waals surface area contributed by atoms with Crippen molar-refractivity contribution in [1.82, 2.24) is 14.5 Å². The quantitative estimate of drug-likeness (QED) is 0.190. The van der Waals surface area contributed by atoms with Crippen molar-refractivity contribution >= 4 is 43.6 Å². The highest BCUT2D eigenvalue weighted by molar-refractivity contribution is 6.13. The molecule has 0 atom stereocenters. The van der Waals surface area contributed by atoms with Crippen molar-refractivity contribution in [3.8, 4) is 39.3 Å². The van der Waals surface area contributed by atoms with E-state index in [0.29, 0.717) is 0 Å². The maximum atomic E-state index is 5.34. The summed E-state index contributed by atoms with van der Waals surface area (Å²) in [6, 6.07) is 54.6. The van der Waals surface area contributed by atoms with Gasteiger partial charge in [0.05, 0.1) is 33.5 Å². The largest absolute Gasteiger partial charge is 0.309 e. The third-order valence-electron chi connectivity index (χ3n) is 11.9. The van der Waals surface area contributed by atoms with Crippen molar-refractivity contribution in [2.45, 2.75) is 38.5 Å². The molecular weight excluding hydrogens is 619 g/mol. The van der Waals surface area contributed by atoms with Crippen LogP contribution in [0.5, 0.6) is 0 Å². The van der Waals surface area contributed by atoms with Crippen molar-refractivity contribution in [2.24, 2.45) is 0 Å². The van der Waals surface area contributed by atoms with Gasteiger partial charge in [-0.15, -0.1) is 0 Å². The summed E-state index contributed by atoms with van der Waals surface area (Å²) in [5.41, 5.74) is 14.4. The lowest BCUT2D eigenvalue weighted by molar-refractivity contribution is 0.299. The SMILES string of the molecule is CC1(C)c2cc3c(cc2-c2c(ccc4ccccc24)C1(C)C)c1ccccc1n3-c1ccc2nc(-c3ccccc3)c(-c3ccccc3)nc2c1. The van der Waals surface area contributed by atoms with E-state index >= 15 is 0 Å². The van der Waals surface area contributed by atoms with Crippen LogP contribution in [0, 0.1) is 0 Å². The molecule has 1 aliphatic rings. The fourth-order valence-corrected chi connectivity index (χ4v) is 8.55. The van der Waals surface area contributed by atoms with E-state index < -0.39 is 0 Å². The van der Waals surface area contributed by atoms with Gasteiger partial charge in [0.1, 0.15) is 0 Å². The van der Waals surface area contributed by atoms with Gasteiger partial charge in [-0.25, -0.2) is 9.97 Å². The molecule has 0 amide bonds. The molecule has 0 spiro atoms. The molecule has 0 N–H and O–H groups in total. The second-order valence-electron chi connectivity index (χ2n) is 15.1. The molecule has 244 valence electrons. The van der Waals surface area contributed by atoms with Gasteiger partial charge < -0.3 is 4.57 Å². The lowest BCUT2D eigenvalue weighted by Gasteiger charge is -2.48. The van der Waals surface area contributed by atoms with E-state index in [1.54, 1.807) is 0 Å². The van der Waals surface area contributed by atoms with Crippen LogP contribution in [0.1, 0.15) is 38.8 Å². The van der Waals surface area contributed by atoms with Crippen LogP contribution in [0.15, 0.2) is 152 Å². The summed E-state index contributed by atoms with van der Waals surface area (Å²) >= 11 is 0. The minimum atomic E-state index is -0.124. The predicted octanol–water partition coefficient (Wildman–Crippen LogP) is 12.4. The van der Waals surface area contributed by atoms with Crippen LogP contribution in [0.3, 0.4) is 0 Å². The molecule has 0 saturated carbocycles. The molecule has 2 aromatic heterocycles. The fraction of sp³-hybridized carbons (Fsp3) is 0.125. The first-order chi connectivity index (χ1) is 24.8. The molecule has 10 rings (SSSR count). The summed E-state index contributed by atoms with van der Waals surface area (Å²) in [7, 11) is 0. The Morgan fingerprint density at radius 1 is 0.451 bits per heavy atom. The van der Waals surface area contributed by atoms with Crippen LogP contribution in [-0.4, -0.2) is 14.5 Å². The molecule has 0 bridgehead atoms. The standard InChI is InChI=1S/C48H37N3/c1-47(2)38-25-23-30-15-11-12-20-34(30)44(38)37-28-36-35-21-13-14-22-42(35)51(43(36)29-39(37)48(47,3)4)33-24-26-40-41(27-33)50-46(32-18-9-6-10-19-32)45(49-40)31-16-7-5-8-17-31/h5-29H,1-4H3. The Labute approximate surface area is 297 Å². The van der Waals surface area contributed by atoms with Gasteiger partial charge in [-0.3, -0.25) is 0 Å². The Morgan fingerprint density at radius 2 is 1.06 bits per heavy atom. The molecule has 51 heavy (non-hydrogen) atoms. The highest BCUT2D eigenvalue weighted by Crippen LogP contribution is 2.56. The van der Waals surface area contributed by atoms with Gasteiger partial charge in [-0.05, 0) is 80.3 Å². The van der Waals surface area contributed by atoms with Crippen LogP contribution >= 0.6 is 0 Å². The van der Waals surface area contributed by atoms with Gasteiger partial charge in [0, 0.05) is 27.6 Å². The number of nitrogens with zero attached hydrogens (tertiary/aromatic N) is 3. The molecule has 0 radical (unpaired) electrons. The lowest BCUT2D eigenvalue weighted by atomic mass is 9.55. The number of hydrogen-bond donors (Lipinski definition) is 0. The van der Waals surface area contributed by atoms with E-state index in [0.717, 1.165) is 39.2 Å². The van der Waals surface area contributed by atoms with Gasteiger partial charge in [0.2, 0.25) is 0 Å². The maximum absolute atomic E-state index is 5.34. The Kier molecular flexibility index (Phi) is 6.27. The highest BCUT2D eigenvalue weighted by atomic mass is 15.0. The van der Waals surface area contributed by atoms with Crippen molar-refractivity contribution in [1.29, 1.82) is 0 Å². The van der Waals surface area contributed by atoms with Gasteiger partial charge in [-0.2, -0.15) is 0 Å². The van der Waals surface area contributed by atoms with Crippen LogP contribution < -0.4 is 0 Å². The van der Waals surface area contributed by atoms with E-state index in [2.05, 4.69) is 172 Å². The van der Waals surface area contributed by atoms with E-state index in [-0.39, 0.29) is 10.8 Å². The molecule has 0 aliphatic heterocycles. The summed E-state index contributed by atoms with van der Waals surface area (Å²) in [6.07, 6.45) is 0. The topological polar surface area (TPSA) is 30.7 Å². The zero-order valence-corrected chi connectivity index (χ0v) is 29.3. The zero-order chi connectivity index (χ0) is 34.5. The molecule has 0 fully saturated rings. The molecular formula is C48H37N3. The van der Waals surface area contributed by atoms with Gasteiger partial charge >= 0.3 is 0 Å². The second-order valence-corrected chi connectivity index (χ2v) is 15.1. The summed E-state index contributed by atoms with van der Waals surface area (Å²) in [4.78, 5) is 10.6. The molecule has 3 heteroatoms. The summed E-state index contributed by atoms with van der Waals surface area (Å²) in [6.45, 7) is 9.67. The van der Waals surface area contributed by atoms with Crippen LogP contribution in [0.2, 0.25) is 0 Å². The summed E-state index contributed by atoms with van der Waals surface area (Å²) < 4.78 is 2.43. The molecule has 1 aliphatic carbocycles. The van der Waals surface area contributed by atoms with Gasteiger partial charge in [0.15, 0.2) is 0 Å². The number of hydrogen-bond acceptors (Lipinski definition) is 2. The smallest absolute Gasteiger partial charge is 0.0973 e. The summed E-state index contributed by atoms with van der Waals surface area (Å²) in [5, 5.41) is 5.10. The van der Waals surface area contributed by atoms with Gasteiger partial charge in [0.25, 0.3) is 0 Å². The van der Waals surface area contributed by atoms with Gasteiger partial charge in [-0.1, -0.05) is 143 Å².